The van der Waals surface area contributed by atoms with Crippen molar-refractivity contribution in [3.05, 3.63) is 24.3 Å². The zero-order valence-corrected chi connectivity index (χ0v) is 13.2. The van der Waals surface area contributed by atoms with E-state index in [0.717, 1.165) is 30.5 Å². The molecule has 22 heavy (non-hydrogen) atoms. The second-order valence-corrected chi connectivity index (χ2v) is 6.36. The molecule has 1 amide bonds. The van der Waals surface area contributed by atoms with E-state index in [-0.39, 0.29) is 11.9 Å². The van der Waals surface area contributed by atoms with Crippen molar-refractivity contribution in [2.24, 2.45) is 5.92 Å². The molecule has 1 N–H and O–H groups in total. The van der Waals surface area contributed by atoms with Crippen LogP contribution < -0.4 is 10.2 Å². The van der Waals surface area contributed by atoms with Gasteiger partial charge in [0.1, 0.15) is 5.52 Å². The van der Waals surface area contributed by atoms with Crippen LogP contribution in [0.15, 0.2) is 28.7 Å². The quantitative estimate of drug-likeness (QED) is 0.922. The van der Waals surface area contributed by atoms with Crippen LogP contribution in [0, 0.1) is 5.92 Å². The lowest BCUT2D eigenvalue weighted by Gasteiger charge is -2.23. The smallest absolute Gasteiger partial charge is 0.298 e. The molecule has 2 heterocycles. The summed E-state index contributed by atoms with van der Waals surface area (Å²) in [6.45, 7) is 5.70. The molecular weight excluding hydrogens is 278 g/mol. The summed E-state index contributed by atoms with van der Waals surface area (Å²) in [5, 5.41) is 3.04. The van der Waals surface area contributed by atoms with E-state index in [1.54, 1.807) is 0 Å². The van der Waals surface area contributed by atoms with E-state index >= 15 is 0 Å². The van der Waals surface area contributed by atoms with Crippen LogP contribution in [0.1, 0.15) is 33.1 Å². The Morgan fingerprint density at radius 2 is 2.27 bits per heavy atom. The fraction of sp³-hybridized carbons (Fsp3) is 0.529. The van der Waals surface area contributed by atoms with Crippen LogP contribution in [-0.2, 0) is 4.79 Å². The molecule has 118 valence electrons. The molecule has 1 aromatic carbocycles. The van der Waals surface area contributed by atoms with E-state index < -0.39 is 0 Å². The van der Waals surface area contributed by atoms with Crippen molar-refractivity contribution >= 4 is 23.0 Å². The second kappa shape index (κ2) is 6.38. The summed E-state index contributed by atoms with van der Waals surface area (Å²) in [5.74, 6) is 0.510. The molecule has 0 aliphatic carbocycles. The number of nitrogens with zero attached hydrogens (tertiary/aromatic N) is 2. The average molecular weight is 301 g/mol. The highest BCUT2D eigenvalue weighted by Gasteiger charge is 2.28. The topological polar surface area (TPSA) is 58.4 Å². The number of benzene rings is 1. The summed E-state index contributed by atoms with van der Waals surface area (Å²) >= 11 is 0. The van der Waals surface area contributed by atoms with Crippen LogP contribution in [0.5, 0.6) is 0 Å². The van der Waals surface area contributed by atoms with Gasteiger partial charge < -0.3 is 14.6 Å². The molecule has 1 saturated heterocycles. The highest BCUT2D eigenvalue weighted by atomic mass is 16.4. The minimum absolute atomic E-state index is 0.124. The Morgan fingerprint density at radius 3 is 3.05 bits per heavy atom. The Hall–Kier alpha value is -2.04. The van der Waals surface area contributed by atoms with Gasteiger partial charge in [-0.25, -0.2) is 0 Å². The lowest BCUT2D eigenvalue weighted by Crippen LogP contribution is -2.40. The standard InChI is InChI=1S/C17H23N3O2/c1-12(2)10-16(21)18-11-13-6-5-9-20(13)17-19-14-7-3-4-8-15(14)22-17/h3-4,7-8,12-13H,5-6,9-11H2,1-2H3,(H,18,21). The summed E-state index contributed by atoms with van der Waals surface area (Å²) in [7, 11) is 0. The fourth-order valence-corrected chi connectivity index (χ4v) is 2.96. The normalized spacial score (nSPS) is 18.3. The maximum Gasteiger partial charge on any atom is 0.298 e. The van der Waals surface area contributed by atoms with Crippen molar-refractivity contribution in [3.8, 4) is 0 Å². The summed E-state index contributed by atoms with van der Waals surface area (Å²) in [5.41, 5.74) is 1.69. The van der Waals surface area contributed by atoms with Gasteiger partial charge in [0.25, 0.3) is 6.01 Å². The molecular formula is C17H23N3O2. The number of carbonyl (C=O) groups excluding carboxylic acids is 1. The largest absolute Gasteiger partial charge is 0.423 e. The number of rotatable bonds is 5. The third-order valence-corrected chi connectivity index (χ3v) is 4.03. The number of hydrogen-bond acceptors (Lipinski definition) is 4. The second-order valence-electron chi connectivity index (χ2n) is 6.36. The summed E-state index contributed by atoms with van der Waals surface area (Å²) < 4.78 is 5.86. The first kappa shape index (κ1) is 14.9. The van der Waals surface area contributed by atoms with E-state index in [9.17, 15) is 4.79 Å². The minimum Gasteiger partial charge on any atom is -0.423 e. The van der Waals surface area contributed by atoms with Gasteiger partial charge in [-0.3, -0.25) is 4.79 Å². The van der Waals surface area contributed by atoms with E-state index in [1.165, 1.54) is 0 Å². The highest BCUT2D eigenvalue weighted by Crippen LogP contribution is 2.27. The molecule has 1 aromatic heterocycles. The number of nitrogens with one attached hydrogen (secondary N) is 1. The van der Waals surface area contributed by atoms with Crippen molar-refractivity contribution in [1.82, 2.24) is 10.3 Å². The maximum atomic E-state index is 11.8. The molecule has 0 radical (unpaired) electrons. The van der Waals surface area contributed by atoms with Gasteiger partial charge in [0.15, 0.2) is 5.58 Å². The number of fused-ring (bicyclic) bond motifs is 1. The molecule has 1 atom stereocenters. The number of para-hydroxylation sites is 2. The van der Waals surface area contributed by atoms with Gasteiger partial charge >= 0.3 is 0 Å². The van der Waals surface area contributed by atoms with Gasteiger partial charge in [-0.15, -0.1) is 0 Å². The average Bonchev–Trinajstić information content (AvgIpc) is 3.10. The molecule has 5 nitrogen and oxygen atoms in total. The van der Waals surface area contributed by atoms with Gasteiger partial charge in [-0.1, -0.05) is 26.0 Å². The maximum absolute atomic E-state index is 11.8. The predicted molar refractivity (Wildman–Crippen MR) is 86.8 cm³/mol. The zero-order valence-electron chi connectivity index (χ0n) is 13.2. The van der Waals surface area contributed by atoms with Gasteiger partial charge in [0.2, 0.25) is 5.91 Å². The Bertz CT molecular complexity index is 617. The van der Waals surface area contributed by atoms with Gasteiger partial charge in [0, 0.05) is 19.5 Å². The Balaban J connectivity index is 1.66. The van der Waals surface area contributed by atoms with Crippen LogP contribution in [0.2, 0.25) is 0 Å². The lowest BCUT2D eigenvalue weighted by atomic mass is 10.1. The number of aromatic nitrogens is 1. The molecule has 0 spiro atoms. The minimum atomic E-state index is 0.124. The van der Waals surface area contributed by atoms with Gasteiger partial charge in [0.05, 0.1) is 6.04 Å². The van der Waals surface area contributed by atoms with Gasteiger partial charge in [-0.05, 0) is 30.9 Å². The SMILES string of the molecule is CC(C)CC(=O)NCC1CCCN1c1nc2ccccc2o1. The van der Waals surface area contributed by atoms with E-state index in [4.69, 9.17) is 4.42 Å². The number of anilines is 1. The van der Waals surface area contributed by atoms with E-state index in [0.29, 0.717) is 24.9 Å². The molecule has 0 bridgehead atoms. The monoisotopic (exact) mass is 301 g/mol. The first-order valence-electron chi connectivity index (χ1n) is 8.02. The predicted octanol–water partition coefficient (Wildman–Crippen LogP) is 2.96. The molecule has 1 unspecified atom stereocenters. The van der Waals surface area contributed by atoms with Crippen LogP contribution >= 0.6 is 0 Å². The number of oxazole rings is 1. The summed E-state index contributed by atoms with van der Waals surface area (Å²) in [6, 6.07) is 8.73. The van der Waals surface area contributed by atoms with Gasteiger partial charge in [-0.2, -0.15) is 4.98 Å². The molecule has 1 aliphatic heterocycles. The number of hydrogen-bond donors (Lipinski definition) is 1. The first-order valence-corrected chi connectivity index (χ1v) is 8.02. The highest BCUT2D eigenvalue weighted by molar-refractivity contribution is 5.76. The lowest BCUT2D eigenvalue weighted by molar-refractivity contribution is -0.121. The van der Waals surface area contributed by atoms with Crippen molar-refractivity contribution in [2.75, 3.05) is 18.0 Å². The fourth-order valence-electron chi connectivity index (χ4n) is 2.96. The van der Waals surface area contributed by atoms with Crippen LogP contribution in [0.3, 0.4) is 0 Å². The number of amides is 1. The van der Waals surface area contributed by atoms with Crippen molar-refractivity contribution in [1.29, 1.82) is 0 Å². The zero-order chi connectivity index (χ0) is 15.5. The van der Waals surface area contributed by atoms with Crippen LogP contribution in [0.4, 0.5) is 6.01 Å². The Morgan fingerprint density at radius 1 is 1.45 bits per heavy atom. The van der Waals surface area contributed by atoms with E-state index in [2.05, 4.69) is 29.0 Å². The molecule has 3 rings (SSSR count). The van der Waals surface area contributed by atoms with Crippen LogP contribution in [0.25, 0.3) is 11.1 Å². The van der Waals surface area contributed by atoms with Crippen molar-refractivity contribution in [3.63, 3.8) is 0 Å². The Labute approximate surface area is 130 Å². The van der Waals surface area contributed by atoms with Crippen molar-refractivity contribution < 1.29 is 9.21 Å². The summed E-state index contributed by atoms with van der Waals surface area (Å²) in [4.78, 5) is 18.6. The summed E-state index contributed by atoms with van der Waals surface area (Å²) in [6.07, 6.45) is 2.74. The van der Waals surface area contributed by atoms with E-state index in [1.807, 2.05) is 24.3 Å². The molecule has 0 saturated carbocycles. The Kier molecular flexibility index (Phi) is 4.32. The third-order valence-electron chi connectivity index (χ3n) is 4.03. The molecule has 1 fully saturated rings. The molecule has 5 heteroatoms. The molecule has 2 aromatic rings. The first-order chi connectivity index (χ1) is 10.6. The number of carbonyl (C=O) groups is 1. The molecule has 1 aliphatic rings. The third kappa shape index (κ3) is 3.24. The van der Waals surface area contributed by atoms with Crippen LogP contribution in [-0.4, -0.2) is 30.0 Å². The van der Waals surface area contributed by atoms with Crippen molar-refractivity contribution in [2.45, 2.75) is 39.2 Å².